The lowest BCUT2D eigenvalue weighted by molar-refractivity contribution is -0.0415. The summed E-state index contributed by atoms with van der Waals surface area (Å²) in [6.07, 6.45) is 26.0. The number of allylic oxidation sites excluding steroid dienone is 10. The first-order chi connectivity index (χ1) is 15.5. The first-order valence-corrected chi connectivity index (χ1v) is 12.7. The molecule has 3 rings (SSSR count). The van der Waals surface area contributed by atoms with Gasteiger partial charge in [-0.2, -0.15) is 0 Å². The highest BCUT2D eigenvalue weighted by molar-refractivity contribution is 6.31. The van der Waals surface area contributed by atoms with Gasteiger partial charge in [-0.25, -0.2) is 4.39 Å². The van der Waals surface area contributed by atoms with Gasteiger partial charge < -0.3 is 0 Å². The molecule has 2 nitrogen and oxygen atoms in total. The Hall–Kier alpha value is -1.42. The summed E-state index contributed by atoms with van der Waals surface area (Å²) in [5.41, 5.74) is 1.48. The molecule has 176 valence electrons. The molecule has 0 N–H and O–H groups in total. The maximum absolute atomic E-state index is 15.2. The van der Waals surface area contributed by atoms with E-state index in [2.05, 4.69) is 46.3 Å². The van der Waals surface area contributed by atoms with E-state index in [1.54, 1.807) is 0 Å². The zero-order chi connectivity index (χ0) is 22.8. The fourth-order valence-corrected chi connectivity index (χ4v) is 5.00. The summed E-state index contributed by atoms with van der Waals surface area (Å²) in [6, 6.07) is 0. The molecule has 2 aliphatic carbocycles. The first kappa shape index (κ1) is 25.2. The Kier molecular flexibility index (Phi) is 10.0. The molecule has 0 aromatic carbocycles. The molecule has 2 unspecified atom stereocenters. The van der Waals surface area contributed by atoms with E-state index in [1.165, 1.54) is 12.0 Å². The fraction of sp³-hybridized carbons (Fsp3) is 0.571. The van der Waals surface area contributed by atoms with Gasteiger partial charge in [-0.3, -0.25) is 9.80 Å². The van der Waals surface area contributed by atoms with Crippen LogP contribution in [0.2, 0.25) is 0 Å². The van der Waals surface area contributed by atoms with Gasteiger partial charge in [0.05, 0.1) is 0 Å². The third kappa shape index (κ3) is 7.30. The summed E-state index contributed by atoms with van der Waals surface area (Å²) < 4.78 is 15.2. The van der Waals surface area contributed by atoms with Gasteiger partial charge in [0.1, 0.15) is 6.17 Å². The van der Waals surface area contributed by atoms with Crippen molar-refractivity contribution >= 4 is 11.6 Å². The van der Waals surface area contributed by atoms with Crippen molar-refractivity contribution in [3.8, 4) is 0 Å². The summed E-state index contributed by atoms with van der Waals surface area (Å²) in [7, 11) is 0. The van der Waals surface area contributed by atoms with E-state index in [4.69, 9.17) is 11.6 Å². The molecule has 0 aromatic rings. The minimum absolute atomic E-state index is 0.0395. The lowest BCUT2D eigenvalue weighted by Gasteiger charge is -2.54. The lowest BCUT2D eigenvalue weighted by Crippen LogP contribution is -2.61. The van der Waals surface area contributed by atoms with Crippen molar-refractivity contribution in [2.24, 2.45) is 5.92 Å². The Morgan fingerprint density at radius 3 is 2.66 bits per heavy atom. The molecule has 0 radical (unpaired) electrons. The number of halogens is 2. The predicted octanol–water partition coefficient (Wildman–Crippen LogP) is 6.98. The van der Waals surface area contributed by atoms with Crippen molar-refractivity contribution in [2.45, 2.75) is 64.1 Å². The van der Waals surface area contributed by atoms with E-state index < -0.39 is 6.17 Å². The second-order valence-corrected chi connectivity index (χ2v) is 9.98. The van der Waals surface area contributed by atoms with E-state index in [9.17, 15) is 0 Å². The van der Waals surface area contributed by atoms with Crippen LogP contribution in [0.3, 0.4) is 0 Å². The van der Waals surface area contributed by atoms with Gasteiger partial charge in [0, 0.05) is 43.3 Å². The molecule has 0 aromatic heterocycles. The van der Waals surface area contributed by atoms with Gasteiger partial charge in [-0.1, -0.05) is 73.2 Å². The van der Waals surface area contributed by atoms with Crippen LogP contribution in [0.25, 0.3) is 0 Å². The van der Waals surface area contributed by atoms with E-state index >= 15 is 4.39 Å². The van der Waals surface area contributed by atoms with Crippen molar-refractivity contribution in [3.05, 3.63) is 71.4 Å². The molecule has 2 fully saturated rings. The predicted molar refractivity (Wildman–Crippen MR) is 137 cm³/mol. The maximum atomic E-state index is 15.2. The van der Waals surface area contributed by atoms with Gasteiger partial charge in [-0.15, -0.1) is 0 Å². The summed E-state index contributed by atoms with van der Waals surface area (Å²) >= 11 is 5.95. The van der Waals surface area contributed by atoms with Gasteiger partial charge in [-0.05, 0) is 63.0 Å². The monoisotopic (exact) mass is 458 g/mol. The van der Waals surface area contributed by atoms with Crippen molar-refractivity contribution < 1.29 is 4.39 Å². The number of piperazine rings is 1. The molecule has 1 saturated carbocycles. The van der Waals surface area contributed by atoms with Crippen LogP contribution in [0.15, 0.2) is 71.4 Å². The summed E-state index contributed by atoms with van der Waals surface area (Å²) in [5.74, 6) is 0.0395. The normalized spacial score (nSPS) is 24.5. The first-order valence-electron chi connectivity index (χ1n) is 12.3. The smallest absolute Gasteiger partial charge is 0.105 e. The summed E-state index contributed by atoms with van der Waals surface area (Å²) in [4.78, 5) is 5.16. The highest BCUT2D eigenvalue weighted by Gasteiger charge is 2.45. The highest BCUT2D eigenvalue weighted by atomic mass is 35.5. The standard InChI is InChI=1S/C28H40ClFN2/c1-3-26(29)15-10-6-7-12-24(2)27(30)22-28(16-11-17-28)32-20-18-31(19-21-32)23-25-13-8-4-5-9-14-25/h3-4,6-10,13-15,24,27H,5,11-12,16-23H2,1-2H3/b7-6-,15-10-,26-3-. The number of alkyl halides is 1. The highest BCUT2D eigenvalue weighted by Crippen LogP contribution is 2.43. The van der Waals surface area contributed by atoms with Crippen LogP contribution in [0.4, 0.5) is 4.39 Å². The molecule has 0 spiro atoms. The molecule has 1 aliphatic heterocycles. The van der Waals surface area contributed by atoms with E-state index in [0.717, 1.165) is 63.4 Å². The van der Waals surface area contributed by atoms with Gasteiger partial charge in [0.15, 0.2) is 0 Å². The van der Waals surface area contributed by atoms with E-state index in [-0.39, 0.29) is 11.5 Å². The Morgan fingerprint density at radius 2 is 1.97 bits per heavy atom. The number of rotatable bonds is 10. The van der Waals surface area contributed by atoms with Gasteiger partial charge >= 0.3 is 0 Å². The van der Waals surface area contributed by atoms with Crippen LogP contribution in [0, 0.1) is 5.92 Å². The molecule has 0 bridgehead atoms. The maximum Gasteiger partial charge on any atom is 0.105 e. The van der Waals surface area contributed by atoms with Crippen LogP contribution in [0.5, 0.6) is 0 Å². The van der Waals surface area contributed by atoms with Crippen molar-refractivity contribution in [2.75, 3.05) is 32.7 Å². The molecule has 32 heavy (non-hydrogen) atoms. The van der Waals surface area contributed by atoms with E-state index in [0.29, 0.717) is 6.42 Å². The molecule has 3 aliphatic rings. The molecule has 1 heterocycles. The minimum Gasteiger partial charge on any atom is -0.297 e. The average molecular weight is 459 g/mol. The number of hydrogen-bond acceptors (Lipinski definition) is 2. The van der Waals surface area contributed by atoms with Crippen molar-refractivity contribution in [1.82, 2.24) is 9.80 Å². The number of nitrogens with zero attached hydrogens (tertiary/aromatic N) is 2. The Morgan fingerprint density at radius 1 is 1.19 bits per heavy atom. The van der Waals surface area contributed by atoms with Gasteiger partial charge in [0.2, 0.25) is 0 Å². The second-order valence-electron chi connectivity index (χ2n) is 9.54. The molecule has 0 amide bonds. The third-order valence-electron chi connectivity index (χ3n) is 7.26. The van der Waals surface area contributed by atoms with Crippen molar-refractivity contribution in [1.29, 1.82) is 0 Å². The minimum atomic E-state index is -0.755. The van der Waals surface area contributed by atoms with Crippen LogP contribution in [-0.2, 0) is 0 Å². The van der Waals surface area contributed by atoms with E-state index in [1.807, 2.05) is 38.2 Å². The zero-order valence-electron chi connectivity index (χ0n) is 19.9. The Balaban J connectivity index is 1.46. The fourth-order valence-electron chi connectivity index (χ4n) is 4.93. The van der Waals surface area contributed by atoms with Crippen molar-refractivity contribution in [3.63, 3.8) is 0 Å². The molecule has 4 heteroatoms. The largest absolute Gasteiger partial charge is 0.297 e. The topological polar surface area (TPSA) is 6.48 Å². The van der Waals surface area contributed by atoms with Crippen LogP contribution in [-0.4, -0.2) is 54.2 Å². The van der Waals surface area contributed by atoms with Crippen LogP contribution < -0.4 is 0 Å². The Labute approximate surface area is 199 Å². The number of hydrogen-bond donors (Lipinski definition) is 0. The van der Waals surface area contributed by atoms with Crippen LogP contribution in [0.1, 0.15) is 52.4 Å². The average Bonchev–Trinajstić information content (AvgIpc) is 3.04. The Bertz CT molecular complexity index is 764. The summed E-state index contributed by atoms with van der Waals surface area (Å²) in [5, 5.41) is 0.720. The SMILES string of the molecule is C/C=C(Cl)/C=C\C=C/CC(C)C(F)CC1(N2CCN(CC3=CC=CCC=C3)CC2)CCC1. The second kappa shape index (κ2) is 12.7. The molecule has 1 saturated heterocycles. The summed E-state index contributed by atoms with van der Waals surface area (Å²) in [6.45, 7) is 9.25. The van der Waals surface area contributed by atoms with Crippen LogP contribution >= 0.6 is 11.6 Å². The molecule has 2 atom stereocenters. The zero-order valence-corrected chi connectivity index (χ0v) is 20.6. The third-order valence-corrected chi connectivity index (χ3v) is 7.61. The molecular formula is C28H40ClFN2. The quantitative estimate of drug-likeness (QED) is 0.326. The molecular weight excluding hydrogens is 419 g/mol. The van der Waals surface area contributed by atoms with Gasteiger partial charge in [0.25, 0.3) is 0 Å². The lowest BCUT2D eigenvalue weighted by atomic mass is 9.70.